The zero-order valence-corrected chi connectivity index (χ0v) is 48.7. The van der Waals surface area contributed by atoms with E-state index in [-0.39, 0.29) is 31.1 Å². The monoisotopic (exact) mass is 1010 g/mol. The molecule has 0 saturated carbocycles. The molecular formula is C66H124O6. The summed E-state index contributed by atoms with van der Waals surface area (Å²) in [6.07, 6.45) is 73.9. The van der Waals surface area contributed by atoms with Gasteiger partial charge in [0, 0.05) is 19.3 Å². The van der Waals surface area contributed by atoms with E-state index in [2.05, 4.69) is 45.1 Å². The van der Waals surface area contributed by atoms with Crippen LogP contribution >= 0.6 is 0 Å². The van der Waals surface area contributed by atoms with Crippen LogP contribution in [0.15, 0.2) is 24.3 Å². The van der Waals surface area contributed by atoms with Gasteiger partial charge in [0.25, 0.3) is 0 Å². The molecule has 0 fully saturated rings. The van der Waals surface area contributed by atoms with E-state index < -0.39 is 6.10 Å². The fourth-order valence-electron chi connectivity index (χ4n) is 9.83. The van der Waals surface area contributed by atoms with Crippen molar-refractivity contribution < 1.29 is 28.6 Å². The van der Waals surface area contributed by atoms with Crippen molar-refractivity contribution in [3.63, 3.8) is 0 Å². The molecule has 0 aliphatic heterocycles. The van der Waals surface area contributed by atoms with Crippen molar-refractivity contribution in [2.24, 2.45) is 0 Å². The number of allylic oxidation sites excluding steroid dienone is 4. The van der Waals surface area contributed by atoms with Crippen molar-refractivity contribution in [2.75, 3.05) is 13.2 Å². The average molecular weight is 1010 g/mol. The van der Waals surface area contributed by atoms with Gasteiger partial charge in [0.15, 0.2) is 6.10 Å². The van der Waals surface area contributed by atoms with E-state index in [4.69, 9.17) is 14.2 Å². The van der Waals surface area contributed by atoms with Gasteiger partial charge in [-0.15, -0.1) is 0 Å². The van der Waals surface area contributed by atoms with Crippen molar-refractivity contribution >= 4 is 17.9 Å². The van der Waals surface area contributed by atoms with Gasteiger partial charge in [-0.05, 0) is 51.4 Å². The molecule has 0 aliphatic rings. The van der Waals surface area contributed by atoms with Crippen LogP contribution in [0.2, 0.25) is 0 Å². The van der Waals surface area contributed by atoms with Crippen molar-refractivity contribution in [1.82, 2.24) is 0 Å². The Balaban J connectivity index is 3.97. The molecular weight excluding hydrogens is 889 g/mol. The van der Waals surface area contributed by atoms with Crippen LogP contribution in [0, 0.1) is 0 Å². The highest BCUT2D eigenvalue weighted by Gasteiger charge is 2.19. The number of ether oxygens (including phenoxy) is 3. The SMILES string of the molecule is CCCCCCC/C=C\C/C=C\CCCCCCCCCCCCCCCCCC(=O)OCC(COC(=O)CCCCCCC)OC(=O)CCCCCCCCCCCCCCCCCCCCCCCC. The predicted octanol–water partition coefficient (Wildman–Crippen LogP) is 21.8. The number of esters is 3. The van der Waals surface area contributed by atoms with Crippen LogP contribution in [-0.4, -0.2) is 37.2 Å². The van der Waals surface area contributed by atoms with Gasteiger partial charge >= 0.3 is 17.9 Å². The van der Waals surface area contributed by atoms with Gasteiger partial charge < -0.3 is 14.2 Å². The standard InChI is InChI=1S/C66H124O6/c1-4-7-10-13-15-17-19-21-23-25-27-29-31-32-33-34-35-37-38-40-42-44-46-48-50-53-56-59-65(68)71-62-63(61-70-64(67)58-55-52-12-9-6-3)72-66(69)60-57-54-51-49-47-45-43-41-39-36-30-28-26-24-22-20-18-16-14-11-8-5-2/h19,21,25,27,63H,4-18,20,22-24,26,28-62H2,1-3H3/b21-19-,27-25-. The molecule has 0 aliphatic carbocycles. The minimum atomic E-state index is -0.764. The van der Waals surface area contributed by atoms with Crippen LogP contribution in [-0.2, 0) is 28.6 Å². The zero-order chi connectivity index (χ0) is 52.2. The molecule has 0 bridgehead atoms. The van der Waals surface area contributed by atoms with Crippen molar-refractivity contribution in [3.8, 4) is 0 Å². The van der Waals surface area contributed by atoms with Gasteiger partial charge in [-0.3, -0.25) is 14.4 Å². The fraction of sp³-hybridized carbons (Fsp3) is 0.894. The summed E-state index contributed by atoms with van der Waals surface area (Å²) in [5.74, 6) is -0.856. The van der Waals surface area contributed by atoms with E-state index in [0.29, 0.717) is 19.3 Å². The van der Waals surface area contributed by atoms with Crippen molar-refractivity contribution in [1.29, 1.82) is 0 Å². The minimum Gasteiger partial charge on any atom is -0.462 e. The van der Waals surface area contributed by atoms with E-state index in [0.717, 1.165) is 70.6 Å². The van der Waals surface area contributed by atoms with Crippen LogP contribution < -0.4 is 0 Å². The highest BCUT2D eigenvalue weighted by Crippen LogP contribution is 2.18. The first-order chi connectivity index (χ1) is 35.5. The van der Waals surface area contributed by atoms with Crippen LogP contribution in [0.1, 0.15) is 361 Å². The van der Waals surface area contributed by atoms with Crippen LogP contribution in [0.5, 0.6) is 0 Å². The Hall–Kier alpha value is -2.11. The summed E-state index contributed by atoms with van der Waals surface area (Å²) in [6.45, 7) is 6.61. The lowest BCUT2D eigenvalue weighted by atomic mass is 10.0. The summed E-state index contributed by atoms with van der Waals surface area (Å²) in [5, 5.41) is 0. The summed E-state index contributed by atoms with van der Waals surface area (Å²) in [5.41, 5.74) is 0. The molecule has 0 aromatic heterocycles. The summed E-state index contributed by atoms with van der Waals surface area (Å²) in [7, 11) is 0. The summed E-state index contributed by atoms with van der Waals surface area (Å²) in [6, 6.07) is 0. The van der Waals surface area contributed by atoms with Gasteiger partial charge in [-0.25, -0.2) is 0 Å². The topological polar surface area (TPSA) is 78.9 Å². The van der Waals surface area contributed by atoms with E-state index in [9.17, 15) is 14.4 Å². The molecule has 0 saturated heterocycles. The smallest absolute Gasteiger partial charge is 0.306 e. The van der Waals surface area contributed by atoms with Crippen LogP contribution in [0.25, 0.3) is 0 Å². The second-order valence-electron chi connectivity index (χ2n) is 22.0. The Bertz CT molecular complexity index is 1160. The molecule has 0 heterocycles. The lowest BCUT2D eigenvalue weighted by Gasteiger charge is -2.18. The van der Waals surface area contributed by atoms with Gasteiger partial charge in [0.05, 0.1) is 0 Å². The summed E-state index contributed by atoms with van der Waals surface area (Å²) >= 11 is 0. The number of unbranched alkanes of at least 4 members (excludes halogenated alkanes) is 45. The Morgan fingerprint density at radius 3 is 0.764 bits per heavy atom. The number of carbonyl (C=O) groups excluding carboxylic acids is 3. The molecule has 1 unspecified atom stereocenters. The highest BCUT2D eigenvalue weighted by atomic mass is 16.6. The molecule has 0 radical (unpaired) electrons. The molecule has 424 valence electrons. The van der Waals surface area contributed by atoms with Crippen LogP contribution in [0.3, 0.4) is 0 Å². The molecule has 1 atom stereocenters. The first kappa shape index (κ1) is 69.9. The predicted molar refractivity (Wildman–Crippen MR) is 312 cm³/mol. The molecule has 6 heteroatoms. The molecule has 0 rings (SSSR count). The van der Waals surface area contributed by atoms with E-state index in [1.807, 2.05) is 0 Å². The molecule has 0 N–H and O–H groups in total. The molecule has 0 aromatic carbocycles. The summed E-state index contributed by atoms with van der Waals surface area (Å²) < 4.78 is 16.8. The van der Waals surface area contributed by atoms with Gasteiger partial charge in [-0.1, -0.05) is 315 Å². The Labute approximate surface area is 449 Å². The Morgan fingerprint density at radius 2 is 0.500 bits per heavy atom. The Morgan fingerprint density at radius 1 is 0.278 bits per heavy atom. The van der Waals surface area contributed by atoms with Gasteiger partial charge in [0.1, 0.15) is 13.2 Å². The second-order valence-corrected chi connectivity index (χ2v) is 22.0. The highest BCUT2D eigenvalue weighted by molar-refractivity contribution is 5.71. The number of hydrogen-bond donors (Lipinski definition) is 0. The van der Waals surface area contributed by atoms with Gasteiger partial charge in [0.2, 0.25) is 0 Å². The lowest BCUT2D eigenvalue weighted by molar-refractivity contribution is -0.167. The van der Waals surface area contributed by atoms with Crippen LogP contribution in [0.4, 0.5) is 0 Å². The fourth-order valence-corrected chi connectivity index (χ4v) is 9.83. The zero-order valence-electron chi connectivity index (χ0n) is 48.7. The maximum Gasteiger partial charge on any atom is 0.306 e. The first-order valence-corrected chi connectivity index (χ1v) is 32.3. The third-order valence-corrected chi connectivity index (χ3v) is 14.7. The molecule has 0 amide bonds. The maximum absolute atomic E-state index is 12.8. The van der Waals surface area contributed by atoms with E-state index >= 15 is 0 Å². The second kappa shape index (κ2) is 61.4. The third-order valence-electron chi connectivity index (χ3n) is 14.7. The minimum absolute atomic E-state index is 0.0661. The molecule has 0 spiro atoms. The first-order valence-electron chi connectivity index (χ1n) is 32.3. The quantitative estimate of drug-likeness (QED) is 0.0261. The normalized spacial score (nSPS) is 12.1. The number of carbonyl (C=O) groups is 3. The van der Waals surface area contributed by atoms with Crippen molar-refractivity contribution in [2.45, 2.75) is 367 Å². The van der Waals surface area contributed by atoms with E-state index in [1.54, 1.807) is 0 Å². The largest absolute Gasteiger partial charge is 0.462 e. The third kappa shape index (κ3) is 58.8. The number of hydrogen-bond acceptors (Lipinski definition) is 6. The maximum atomic E-state index is 12.8. The van der Waals surface area contributed by atoms with Crippen molar-refractivity contribution in [3.05, 3.63) is 24.3 Å². The number of rotatable bonds is 60. The molecule has 72 heavy (non-hydrogen) atoms. The van der Waals surface area contributed by atoms with Gasteiger partial charge in [-0.2, -0.15) is 0 Å². The van der Waals surface area contributed by atoms with E-state index in [1.165, 1.54) is 250 Å². The molecule has 6 nitrogen and oxygen atoms in total. The molecule has 0 aromatic rings. The average Bonchev–Trinajstić information content (AvgIpc) is 3.38. The lowest BCUT2D eigenvalue weighted by Crippen LogP contribution is -2.30. The summed E-state index contributed by atoms with van der Waals surface area (Å²) in [4.78, 5) is 37.9. The Kier molecular flexibility index (Phi) is 59.6.